The first-order valence-corrected chi connectivity index (χ1v) is 6.13. The lowest BCUT2D eigenvalue weighted by Crippen LogP contribution is -2.47. The highest BCUT2D eigenvalue weighted by Gasteiger charge is 2.25. The third-order valence-corrected chi connectivity index (χ3v) is 3.70. The molecule has 15 heavy (non-hydrogen) atoms. The Hall–Kier alpha value is -0.0900. The Bertz CT molecular complexity index is 352. The van der Waals surface area contributed by atoms with Gasteiger partial charge in [0.15, 0.2) is 0 Å². The topological polar surface area (TPSA) is 23.5 Å². The van der Waals surface area contributed by atoms with Crippen LogP contribution in [0.4, 0.5) is 0 Å². The quantitative estimate of drug-likeness (QED) is 0.925. The molecule has 1 fully saturated rings. The van der Waals surface area contributed by atoms with Crippen LogP contribution < -0.4 is 0 Å². The SMILES string of the molecule is OCC1CN(Cc2cc(Cl)ccc2Br)C1. The van der Waals surface area contributed by atoms with E-state index >= 15 is 0 Å². The first-order chi connectivity index (χ1) is 7.19. The minimum atomic E-state index is 0.299. The summed E-state index contributed by atoms with van der Waals surface area (Å²) in [5, 5.41) is 9.68. The van der Waals surface area contributed by atoms with E-state index in [-0.39, 0.29) is 0 Å². The minimum absolute atomic E-state index is 0.299. The van der Waals surface area contributed by atoms with Crippen molar-refractivity contribution in [1.29, 1.82) is 0 Å². The van der Waals surface area contributed by atoms with Gasteiger partial charge in [0.05, 0.1) is 0 Å². The zero-order valence-corrected chi connectivity index (χ0v) is 10.6. The molecule has 0 unspecified atom stereocenters. The van der Waals surface area contributed by atoms with Crippen molar-refractivity contribution >= 4 is 27.5 Å². The summed E-state index contributed by atoms with van der Waals surface area (Å²) >= 11 is 9.45. The Balaban J connectivity index is 1.97. The van der Waals surface area contributed by atoms with Crippen molar-refractivity contribution in [2.45, 2.75) is 6.54 Å². The number of aliphatic hydroxyl groups excluding tert-OH is 1. The van der Waals surface area contributed by atoms with Gasteiger partial charge in [0.25, 0.3) is 0 Å². The normalized spacial score (nSPS) is 17.8. The van der Waals surface area contributed by atoms with Crippen molar-refractivity contribution in [3.8, 4) is 0 Å². The van der Waals surface area contributed by atoms with Crippen LogP contribution in [0.1, 0.15) is 5.56 Å². The molecule has 1 aromatic rings. The second-order valence-corrected chi connectivity index (χ2v) is 5.27. The number of likely N-dealkylation sites (tertiary alicyclic amines) is 1. The molecule has 0 atom stereocenters. The molecular formula is C11H13BrClNO. The fourth-order valence-corrected chi connectivity index (χ4v) is 2.39. The van der Waals surface area contributed by atoms with Crippen LogP contribution in [0.25, 0.3) is 0 Å². The summed E-state index contributed by atoms with van der Waals surface area (Å²) in [6.45, 7) is 3.16. The summed E-state index contributed by atoms with van der Waals surface area (Å²) in [6, 6.07) is 5.83. The molecule has 1 saturated heterocycles. The summed E-state index contributed by atoms with van der Waals surface area (Å²) in [5.41, 5.74) is 1.21. The first kappa shape index (κ1) is 11.4. The number of benzene rings is 1. The van der Waals surface area contributed by atoms with Crippen LogP contribution in [0.2, 0.25) is 5.02 Å². The van der Waals surface area contributed by atoms with Crippen LogP contribution in [0, 0.1) is 5.92 Å². The van der Waals surface area contributed by atoms with E-state index < -0.39 is 0 Å². The molecule has 0 aromatic heterocycles. The lowest BCUT2D eigenvalue weighted by atomic mass is 10.0. The summed E-state index contributed by atoms with van der Waals surface area (Å²) in [4.78, 5) is 2.30. The van der Waals surface area contributed by atoms with Crippen molar-refractivity contribution in [3.63, 3.8) is 0 Å². The maximum Gasteiger partial charge on any atom is 0.0483 e. The average Bonchev–Trinajstić information content (AvgIpc) is 2.16. The molecule has 0 amide bonds. The van der Waals surface area contributed by atoms with E-state index in [1.807, 2.05) is 18.2 Å². The number of hydrogen-bond acceptors (Lipinski definition) is 2. The molecule has 4 heteroatoms. The number of hydrogen-bond donors (Lipinski definition) is 1. The molecule has 1 aliphatic heterocycles. The smallest absolute Gasteiger partial charge is 0.0483 e. The summed E-state index contributed by atoms with van der Waals surface area (Å²) in [5.74, 6) is 0.461. The minimum Gasteiger partial charge on any atom is -0.396 e. The van der Waals surface area contributed by atoms with Gasteiger partial charge in [-0.25, -0.2) is 0 Å². The molecular weight excluding hydrogens is 277 g/mol. The largest absolute Gasteiger partial charge is 0.396 e. The van der Waals surface area contributed by atoms with Crippen molar-refractivity contribution in [1.82, 2.24) is 4.90 Å². The molecule has 0 spiro atoms. The van der Waals surface area contributed by atoms with Gasteiger partial charge in [-0.1, -0.05) is 27.5 Å². The lowest BCUT2D eigenvalue weighted by molar-refractivity contribution is 0.0478. The van der Waals surface area contributed by atoms with Crippen LogP contribution in [-0.4, -0.2) is 29.7 Å². The van der Waals surface area contributed by atoms with E-state index in [0.29, 0.717) is 12.5 Å². The third kappa shape index (κ3) is 2.72. The standard InChI is InChI=1S/C11H13BrClNO/c12-11-2-1-10(13)3-9(11)6-14-4-8(5-14)7-15/h1-3,8,15H,4-7H2. The second-order valence-electron chi connectivity index (χ2n) is 3.98. The van der Waals surface area contributed by atoms with Gasteiger partial charge in [-0.15, -0.1) is 0 Å². The summed E-state index contributed by atoms with van der Waals surface area (Å²) < 4.78 is 1.10. The molecule has 1 aromatic carbocycles. The Morgan fingerprint density at radius 3 is 2.87 bits per heavy atom. The summed E-state index contributed by atoms with van der Waals surface area (Å²) in [6.07, 6.45) is 0. The molecule has 0 bridgehead atoms. The van der Waals surface area contributed by atoms with Crippen molar-refractivity contribution in [3.05, 3.63) is 33.3 Å². The highest BCUT2D eigenvalue weighted by molar-refractivity contribution is 9.10. The van der Waals surface area contributed by atoms with Crippen molar-refractivity contribution in [2.75, 3.05) is 19.7 Å². The fourth-order valence-electron chi connectivity index (χ4n) is 1.83. The molecule has 1 heterocycles. The predicted molar refractivity (Wildman–Crippen MR) is 65.0 cm³/mol. The number of halogens is 2. The van der Waals surface area contributed by atoms with Crippen molar-refractivity contribution in [2.24, 2.45) is 5.92 Å². The van der Waals surface area contributed by atoms with Gasteiger partial charge in [-0.05, 0) is 23.8 Å². The molecule has 0 aliphatic carbocycles. The van der Waals surface area contributed by atoms with Crippen LogP contribution in [0.3, 0.4) is 0 Å². The monoisotopic (exact) mass is 289 g/mol. The highest BCUT2D eigenvalue weighted by Crippen LogP contribution is 2.25. The molecule has 1 N–H and O–H groups in total. The fraction of sp³-hybridized carbons (Fsp3) is 0.455. The zero-order chi connectivity index (χ0) is 10.8. The van der Waals surface area contributed by atoms with E-state index in [0.717, 1.165) is 29.1 Å². The van der Waals surface area contributed by atoms with Crippen LogP contribution in [-0.2, 0) is 6.54 Å². The third-order valence-electron chi connectivity index (χ3n) is 2.69. The maximum absolute atomic E-state index is 8.91. The Morgan fingerprint density at radius 1 is 1.47 bits per heavy atom. The van der Waals surface area contributed by atoms with Gasteiger partial charge in [0, 0.05) is 41.7 Å². The Morgan fingerprint density at radius 2 is 2.20 bits per heavy atom. The van der Waals surface area contributed by atoms with E-state index in [4.69, 9.17) is 16.7 Å². The van der Waals surface area contributed by atoms with Gasteiger partial charge < -0.3 is 5.11 Å². The second kappa shape index (κ2) is 4.83. The number of nitrogens with zero attached hydrogens (tertiary/aromatic N) is 1. The maximum atomic E-state index is 8.91. The van der Waals surface area contributed by atoms with Crippen LogP contribution in [0.5, 0.6) is 0 Å². The van der Waals surface area contributed by atoms with E-state index in [1.165, 1.54) is 5.56 Å². The van der Waals surface area contributed by atoms with Gasteiger partial charge in [-0.3, -0.25) is 4.90 Å². The van der Waals surface area contributed by atoms with Gasteiger partial charge in [-0.2, -0.15) is 0 Å². The zero-order valence-electron chi connectivity index (χ0n) is 8.29. The van der Waals surface area contributed by atoms with E-state index in [9.17, 15) is 0 Å². The average molecular weight is 291 g/mol. The Labute approximate surface area is 103 Å². The molecule has 1 aliphatic rings. The van der Waals surface area contributed by atoms with Gasteiger partial charge >= 0.3 is 0 Å². The van der Waals surface area contributed by atoms with Gasteiger partial charge in [0.1, 0.15) is 0 Å². The molecule has 0 radical (unpaired) electrons. The predicted octanol–water partition coefficient (Wildman–Crippen LogP) is 2.53. The number of aliphatic hydroxyl groups is 1. The molecule has 0 saturated carbocycles. The summed E-state index contributed by atoms with van der Waals surface area (Å²) in [7, 11) is 0. The molecule has 2 rings (SSSR count). The Kier molecular flexibility index (Phi) is 3.67. The highest BCUT2D eigenvalue weighted by atomic mass is 79.9. The van der Waals surface area contributed by atoms with E-state index in [2.05, 4.69) is 20.8 Å². The van der Waals surface area contributed by atoms with Crippen LogP contribution >= 0.6 is 27.5 Å². The lowest BCUT2D eigenvalue weighted by Gasteiger charge is -2.38. The van der Waals surface area contributed by atoms with Crippen molar-refractivity contribution < 1.29 is 5.11 Å². The van der Waals surface area contributed by atoms with Crippen LogP contribution in [0.15, 0.2) is 22.7 Å². The molecule has 2 nitrogen and oxygen atoms in total. The first-order valence-electron chi connectivity index (χ1n) is 4.96. The van der Waals surface area contributed by atoms with E-state index in [1.54, 1.807) is 0 Å². The van der Waals surface area contributed by atoms with Gasteiger partial charge in [0.2, 0.25) is 0 Å². The number of rotatable bonds is 3. The molecule has 82 valence electrons.